The Labute approximate surface area is 128 Å². The number of carboxylic acid groups (broad SMARTS) is 1. The quantitative estimate of drug-likeness (QED) is 0.717. The number of amides is 1. The third-order valence-corrected chi connectivity index (χ3v) is 3.49. The molecule has 2 rings (SSSR count). The number of hydrogen-bond donors (Lipinski definition) is 3. The first-order valence-electron chi connectivity index (χ1n) is 7.16. The predicted octanol–water partition coefficient (Wildman–Crippen LogP) is 0.754. The van der Waals surface area contributed by atoms with Crippen LogP contribution in [0.5, 0.6) is 5.75 Å². The molecule has 1 aromatic carbocycles. The fourth-order valence-corrected chi connectivity index (χ4v) is 2.34. The molecule has 1 heterocycles. The average Bonchev–Trinajstić information content (AvgIpc) is 2.47. The van der Waals surface area contributed by atoms with Crippen molar-refractivity contribution in [1.29, 1.82) is 0 Å². The van der Waals surface area contributed by atoms with E-state index in [9.17, 15) is 19.8 Å². The molecule has 1 aliphatic heterocycles. The predicted molar refractivity (Wildman–Crippen MR) is 79.7 cm³/mol. The van der Waals surface area contributed by atoms with Gasteiger partial charge in [-0.25, -0.2) is 0 Å². The Hall–Kier alpha value is -2.12. The smallest absolute Gasteiger partial charge is 0.308 e. The van der Waals surface area contributed by atoms with Crippen LogP contribution >= 0.6 is 0 Å². The van der Waals surface area contributed by atoms with Crippen LogP contribution in [0.1, 0.15) is 6.42 Å². The molecule has 1 atom stereocenters. The Morgan fingerprint density at radius 1 is 1.32 bits per heavy atom. The summed E-state index contributed by atoms with van der Waals surface area (Å²) in [5.74, 6) is -2.10. The lowest BCUT2D eigenvalue weighted by atomic mass is 10.0. The number of benzene rings is 1. The summed E-state index contributed by atoms with van der Waals surface area (Å²) in [5.41, 5.74) is 0.445. The molecule has 22 heavy (non-hydrogen) atoms. The number of rotatable bonds is 6. The maximum atomic E-state index is 12.0. The number of hydrogen-bond acceptors (Lipinski definition) is 5. The molecule has 1 amide bonds. The Bertz CT molecular complexity index is 528. The average molecular weight is 308 g/mol. The summed E-state index contributed by atoms with van der Waals surface area (Å²) in [5, 5.41) is 21.2. The van der Waals surface area contributed by atoms with Crippen LogP contribution in [0.2, 0.25) is 0 Å². The van der Waals surface area contributed by atoms with Crippen LogP contribution in [-0.2, 0) is 14.3 Å². The molecule has 7 heteroatoms. The standard InChI is InChI=1S/C15H20N2O5/c18-13-3-1-2-12(9-13)16-14(19)8-11(15(20)21)10-17-4-6-22-7-5-17/h1-3,9,11,18H,4-8,10H2,(H,16,19)(H,20,21)/t11-/m1/s1. The van der Waals surface area contributed by atoms with E-state index in [4.69, 9.17) is 4.74 Å². The third kappa shape index (κ3) is 5.01. The van der Waals surface area contributed by atoms with Crippen LogP contribution < -0.4 is 5.32 Å². The molecular weight excluding hydrogens is 288 g/mol. The second-order valence-corrected chi connectivity index (χ2v) is 5.25. The molecule has 0 spiro atoms. The Balaban J connectivity index is 1.89. The molecule has 1 fully saturated rings. The van der Waals surface area contributed by atoms with E-state index in [1.807, 2.05) is 4.90 Å². The highest BCUT2D eigenvalue weighted by molar-refractivity contribution is 5.93. The highest BCUT2D eigenvalue weighted by Gasteiger charge is 2.25. The number of anilines is 1. The number of aliphatic carboxylic acids is 1. The summed E-state index contributed by atoms with van der Waals surface area (Å²) in [4.78, 5) is 25.3. The molecule has 1 saturated heterocycles. The monoisotopic (exact) mass is 308 g/mol. The van der Waals surface area contributed by atoms with Crippen molar-refractivity contribution in [3.63, 3.8) is 0 Å². The van der Waals surface area contributed by atoms with Crippen LogP contribution in [0.3, 0.4) is 0 Å². The van der Waals surface area contributed by atoms with Gasteiger partial charge in [-0.05, 0) is 12.1 Å². The zero-order chi connectivity index (χ0) is 15.9. The Morgan fingerprint density at radius 2 is 2.05 bits per heavy atom. The topological polar surface area (TPSA) is 99.1 Å². The first kappa shape index (κ1) is 16.3. The van der Waals surface area contributed by atoms with Gasteiger partial charge in [-0.1, -0.05) is 6.07 Å². The minimum absolute atomic E-state index is 0.0425. The lowest BCUT2D eigenvalue weighted by Gasteiger charge is -2.28. The van der Waals surface area contributed by atoms with Gasteiger partial charge in [-0.3, -0.25) is 14.5 Å². The SMILES string of the molecule is O=C(C[C@H](CN1CCOCC1)C(=O)O)Nc1cccc(O)c1. The Morgan fingerprint density at radius 3 is 2.68 bits per heavy atom. The molecule has 0 bridgehead atoms. The molecule has 1 aliphatic rings. The van der Waals surface area contributed by atoms with Crippen molar-refractivity contribution in [3.8, 4) is 5.75 Å². The van der Waals surface area contributed by atoms with E-state index in [-0.39, 0.29) is 18.1 Å². The van der Waals surface area contributed by atoms with Gasteiger partial charge in [0.1, 0.15) is 5.75 Å². The van der Waals surface area contributed by atoms with E-state index >= 15 is 0 Å². The summed E-state index contributed by atoms with van der Waals surface area (Å²) in [7, 11) is 0. The molecule has 120 valence electrons. The van der Waals surface area contributed by atoms with Crippen molar-refractivity contribution in [1.82, 2.24) is 4.90 Å². The summed E-state index contributed by atoms with van der Waals surface area (Å²) in [6.07, 6.45) is -0.109. The highest BCUT2D eigenvalue weighted by Crippen LogP contribution is 2.17. The summed E-state index contributed by atoms with van der Waals surface area (Å²) >= 11 is 0. The number of ether oxygens (including phenoxy) is 1. The highest BCUT2D eigenvalue weighted by atomic mass is 16.5. The van der Waals surface area contributed by atoms with Gasteiger partial charge in [0.25, 0.3) is 0 Å². The van der Waals surface area contributed by atoms with Gasteiger partial charge in [0.15, 0.2) is 0 Å². The van der Waals surface area contributed by atoms with Crippen LogP contribution in [-0.4, -0.2) is 59.8 Å². The number of carbonyl (C=O) groups is 2. The lowest BCUT2D eigenvalue weighted by Crippen LogP contribution is -2.41. The number of aromatic hydroxyl groups is 1. The van der Waals surface area contributed by atoms with Crippen molar-refractivity contribution in [2.75, 3.05) is 38.2 Å². The zero-order valence-corrected chi connectivity index (χ0v) is 12.2. The van der Waals surface area contributed by atoms with E-state index in [2.05, 4.69) is 5.32 Å². The number of phenols is 1. The van der Waals surface area contributed by atoms with Crippen molar-refractivity contribution in [3.05, 3.63) is 24.3 Å². The van der Waals surface area contributed by atoms with Gasteiger partial charge in [-0.15, -0.1) is 0 Å². The normalized spacial score (nSPS) is 16.9. The van der Waals surface area contributed by atoms with Gasteiger partial charge in [0.05, 0.1) is 19.1 Å². The minimum atomic E-state index is -0.988. The number of nitrogens with one attached hydrogen (secondary N) is 1. The molecule has 0 radical (unpaired) electrons. The molecule has 0 aromatic heterocycles. The number of nitrogens with zero attached hydrogens (tertiary/aromatic N) is 1. The summed E-state index contributed by atoms with van der Waals surface area (Å²) in [6, 6.07) is 6.15. The van der Waals surface area contributed by atoms with E-state index < -0.39 is 11.9 Å². The molecule has 1 aromatic rings. The van der Waals surface area contributed by atoms with Crippen molar-refractivity contribution in [2.24, 2.45) is 5.92 Å². The van der Waals surface area contributed by atoms with E-state index in [1.54, 1.807) is 12.1 Å². The van der Waals surface area contributed by atoms with Gasteiger partial charge < -0.3 is 20.3 Å². The molecular formula is C15H20N2O5. The first-order valence-corrected chi connectivity index (χ1v) is 7.16. The molecule has 0 saturated carbocycles. The van der Waals surface area contributed by atoms with Crippen LogP contribution in [0.15, 0.2) is 24.3 Å². The van der Waals surface area contributed by atoms with Gasteiger partial charge in [0, 0.05) is 37.8 Å². The fourth-order valence-electron chi connectivity index (χ4n) is 2.34. The van der Waals surface area contributed by atoms with Crippen molar-refractivity contribution in [2.45, 2.75) is 6.42 Å². The number of phenolic OH excluding ortho intramolecular Hbond substituents is 1. The fraction of sp³-hybridized carbons (Fsp3) is 0.467. The number of carbonyl (C=O) groups excluding carboxylic acids is 1. The van der Waals surface area contributed by atoms with Crippen molar-refractivity contribution >= 4 is 17.6 Å². The third-order valence-electron chi connectivity index (χ3n) is 3.49. The van der Waals surface area contributed by atoms with Crippen molar-refractivity contribution < 1.29 is 24.5 Å². The molecule has 0 aliphatic carbocycles. The van der Waals surface area contributed by atoms with Crippen LogP contribution in [0.4, 0.5) is 5.69 Å². The molecule has 7 nitrogen and oxygen atoms in total. The van der Waals surface area contributed by atoms with E-state index in [0.29, 0.717) is 38.5 Å². The lowest BCUT2D eigenvalue weighted by molar-refractivity contribution is -0.144. The largest absolute Gasteiger partial charge is 0.508 e. The molecule has 3 N–H and O–H groups in total. The van der Waals surface area contributed by atoms with E-state index in [1.165, 1.54) is 12.1 Å². The zero-order valence-electron chi connectivity index (χ0n) is 12.2. The number of carboxylic acids is 1. The number of morpholine rings is 1. The van der Waals surface area contributed by atoms with Crippen LogP contribution in [0.25, 0.3) is 0 Å². The summed E-state index contributed by atoms with van der Waals surface area (Å²) < 4.78 is 5.22. The molecule has 0 unspecified atom stereocenters. The summed E-state index contributed by atoms with van der Waals surface area (Å²) in [6.45, 7) is 2.85. The second kappa shape index (κ2) is 7.77. The maximum Gasteiger partial charge on any atom is 0.308 e. The van der Waals surface area contributed by atoms with Gasteiger partial charge in [0.2, 0.25) is 5.91 Å². The minimum Gasteiger partial charge on any atom is -0.508 e. The van der Waals surface area contributed by atoms with Gasteiger partial charge >= 0.3 is 5.97 Å². The van der Waals surface area contributed by atoms with Gasteiger partial charge in [-0.2, -0.15) is 0 Å². The first-order chi connectivity index (χ1) is 10.5. The van der Waals surface area contributed by atoms with Crippen LogP contribution in [0, 0.1) is 5.92 Å². The van der Waals surface area contributed by atoms with E-state index in [0.717, 1.165) is 0 Å². The second-order valence-electron chi connectivity index (χ2n) is 5.25. The Kier molecular flexibility index (Phi) is 5.74. The maximum absolute atomic E-state index is 12.0.